The molecule has 0 saturated carbocycles. The Balaban J connectivity index is 0.000000500. The molecule has 0 fully saturated rings. The van der Waals surface area contributed by atoms with Crippen LogP contribution in [0, 0.1) is 13.8 Å². The van der Waals surface area contributed by atoms with Crippen LogP contribution < -0.4 is 16.4 Å². The number of halogens is 6. The van der Waals surface area contributed by atoms with Crippen molar-refractivity contribution in [1.82, 2.24) is 0 Å². The van der Waals surface area contributed by atoms with E-state index in [-0.39, 0.29) is 5.97 Å². The van der Waals surface area contributed by atoms with Gasteiger partial charge in [-0.3, -0.25) is 4.99 Å². The van der Waals surface area contributed by atoms with E-state index in [1.165, 1.54) is 0 Å². The van der Waals surface area contributed by atoms with Crippen LogP contribution in [0.2, 0.25) is 0 Å². The number of fused-ring (bicyclic) bond motifs is 2. The zero-order valence-electron chi connectivity index (χ0n) is 26.9. The van der Waals surface area contributed by atoms with Gasteiger partial charge in [-0.2, -0.15) is 26.3 Å². The number of carbonyl (C=O) groups is 3. The number of carboxylic acid groups (broad SMARTS) is 2. The quantitative estimate of drug-likeness (QED) is 0.0660. The van der Waals surface area contributed by atoms with Crippen LogP contribution in [0.1, 0.15) is 41.8 Å². The fourth-order valence-electron chi connectivity index (χ4n) is 4.41. The normalized spacial score (nSPS) is 11.7. The van der Waals surface area contributed by atoms with Gasteiger partial charge in [-0.1, -0.05) is 18.2 Å². The lowest BCUT2D eigenvalue weighted by molar-refractivity contribution is -0.193. The first kappa shape index (κ1) is 40.1. The number of alkyl halides is 6. The molecule has 4 rings (SSSR count). The summed E-state index contributed by atoms with van der Waals surface area (Å²) < 4.78 is 75.5. The molecule has 2 aromatic carbocycles. The van der Waals surface area contributed by atoms with Crippen molar-refractivity contribution < 1.29 is 60.1 Å². The van der Waals surface area contributed by atoms with E-state index in [0.717, 1.165) is 62.1 Å². The molecule has 0 radical (unpaired) electrons. The molecule has 0 bridgehead atoms. The van der Waals surface area contributed by atoms with Gasteiger partial charge in [0.05, 0.1) is 17.5 Å². The number of aliphatic carboxylic acids is 2. The zero-order valence-corrected chi connectivity index (χ0v) is 26.9. The predicted octanol–water partition coefficient (Wildman–Crippen LogP) is 6.95. The van der Waals surface area contributed by atoms with Gasteiger partial charge in [0, 0.05) is 47.4 Å². The minimum absolute atomic E-state index is 0.293. The highest BCUT2D eigenvalue weighted by molar-refractivity contribution is 6.08. The largest absolute Gasteiger partial charge is 0.490 e. The van der Waals surface area contributed by atoms with Crippen molar-refractivity contribution in [2.45, 2.75) is 46.5 Å². The Kier molecular flexibility index (Phi) is 14.2. The molecule has 266 valence electrons. The number of aryl methyl sites for hydroxylation is 2. The lowest BCUT2D eigenvalue weighted by Gasteiger charge is -2.19. The van der Waals surface area contributed by atoms with Gasteiger partial charge in [-0.15, -0.1) is 0 Å². The summed E-state index contributed by atoms with van der Waals surface area (Å²) in [6.07, 6.45) is -9.54. The van der Waals surface area contributed by atoms with Crippen molar-refractivity contribution in [3.05, 3.63) is 70.6 Å². The first-order chi connectivity index (χ1) is 22.9. The molecule has 0 amide bonds. The van der Waals surface area contributed by atoms with Gasteiger partial charge >= 0.3 is 30.3 Å². The van der Waals surface area contributed by atoms with E-state index in [9.17, 15) is 31.1 Å². The van der Waals surface area contributed by atoms with Crippen LogP contribution in [-0.4, -0.2) is 66.7 Å². The second-order valence-corrected chi connectivity index (χ2v) is 10.2. The van der Waals surface area contributed by atoms with Crippen molar-refractivity contribution in [1.29, 1.82) is 0 Å². The van der Waals surface area contributed by atoms with Crippen LogP contribution in [0.4, 0.5) is 32.0 Å². The molecule has 1 aliphatic heterocycles. The molecule has 10 nitrogen and oxygen atoms in total. The number of benzene rings is 3. The maximum Gasteiger partial charge on any atom is 0.490 e. The van der Waals surface area contributed by atoms with Crippen molar-refractivity contribution >= 4 is 34.6 Å². The van der Waals surface area contributed by atoms with Gasteiger partial charge in [0.1, 0.15) is 11.3 Å². The number of carbonyl (C=O) groups excluding carboxylic acids is 1. The molecule has 16 heteroatoms. The Bertz CT molecular complexity index is 1790. The third-order valence-electron chi connectivity index (χ3n) is 6.56. The number of anilines is 1. The van der Waals surface area contributed by atoms with Crippen LogP contribution in [0.3, 0.4) is 0 Å². The second kappa shape index (κ2) is 17.3. The van der Waals surface area contributed by atoms with Crippen LogP contribution in [0.25, 0.3) is 33.4 Å². The molecule has 0 aromatic heterocycles. The summed E-state index contributed by atoms with van der Waals surface area (Å²) in [5.74, 6) is -5.14. The number of ether oxygens (including phenoxy) is 1. The molecule has 1 heterocycles. The Labute approximate surface area is 276 Å². The minimum Gasteiger partial charge on any atom is -0.475 e. The van der Waals surface area contributed by atoms with Crippen molar-refractivity contribution in [2.75, 3.05) is 31.6 Å². The van der Waals surface area contributed by atoms with Crippen molar-refractivity contribution in [2.24, 2.45) is 10.7 Å². The van der Waals surface area contributed by atoms with E-state index >= 15 is 0 Å². The Morgan fingerprint density at radius 2 is 1.49 bits per heavy atom. The molecule has 1 aliphatic carbocycles. The summed E-state index contributed by atoms with van der Waals surface area (Å²) in [6, 6.07) is 15.9. The Morgan fingerprint density at radius 1 is 0.898 bits per heavy atom. The van der Waals surface area contributed by atoms with Crippen LogP contribution in [0.15, 0.2) is 57.9 Å². The highest BCUT2D eigenvalue weighted by atomic mass is 19.4. The number of hydrogen-bond donors (Lipinski definition) is 4. The lowest BCUT2D eigenvalue weighted by Crippen LogP contribution is -2.21. The summed E-state index contributed by atoms with van der Waals surface area (Å²) in [6.45, 7) is 10.5. The standard InChI is InChI=1S/C29H33N3O3.2C2HF3O2/c1-5-31-24-16-26-22(14-18(24)3)28(23-15-19(4)25(32-6-2)17-27(23)35-26)20-10-7-8-11-21(20)29(33)34-13-9-12-30;2*3-2(4,5)1(6)7/h7-8,10-11,14-17,31H,5-6,9,12-13,30H2,1-4H3;2*(H,6,7)/b32-25+;;. The first-order valence-corrected chi connectivity index (χ1v) is 14.7. The Morgan fingerprint density at radius 3 is 2.02 bits per heavy atom. The van der Waals surface area contributed by atoms with Crippen molar-refractivity contribution in [3.63, 3.8) is 0 Å². The number of carboxylic acids is 2. The Hall–Kier alpha value is -5.12. The summed E-state index contributed by atoms with van der Waals surface area (Å²) >= 11 is 0. The van der Waals surface area contributed by atoms with E-state index in [0.29, 0.717) is 31.7 Å². The molecular formula is C33H35F6N3O7. The molecule has 49 heavy (non-hydrogen) atoms. The zero-order chi connectivity index (χ0) is 37.1. The third kappa shape index (κ3) is 11.0. The summed E-state index contributed by atoms with van der Waals surface area (Å²) in [4.78, 5) is 35.5. The minimum atomic E-state index is -5.08. The van der Waals surface area contributed by atoms with E-state index < -0.39 is 24.3 Å². The summed E-state index contributed by atoms with van der Waals surface area (Å²) in [7, 11) is 0. The lowest BCUT2D eigenvalue weighted by atomic mass is 9.89. The monoisotopic (exact) mass is 699 g/mol. The van der Waals surface area contributed by atoms with E-state index in [4.69, 9.17) is 34.7 Å². The average Bonchev–Trinajstić information content (AvgIpc) is 3.01. The van der Waals surface area contributed by atoms with Gasteiger partial charge in [-0.25, -0.2) is 14.4 Å². The number of nitrogens with two attached hydrogens (primary N) is 1. The van der Waals surface area contributed by atoms with Gasteiger partial charge in [0.25, 0.3) is 0 Å². The number of esters is 1. The maximum absolute atomic E-state index is 13.1. The fraction of sp³-hybridized carbons (Fsp3) is 0.333. The van der Waals surface area contributed by atoms with E-state index in [2.05, 4.69) is 43.2 Å². The molecule has 2 aliphatic rings. The molecule has 0 spiro atoms. The van der Waals surface area contributed by atoms with Crippen LogP contribution in [0.5, 0.6) is 0 Å². The molecule has 5 N–H and O–H groups in total. The fourth-order valence-corrected chi connectivity index (χ4v) is 4.41. The van der Waals surface area contributed by atoms with Crippen molar-refractivity contribution in [3.8, 4) is 22.5 Å². The SMILES string of the molecule is CC/N=c1\cc2oc3cc(NCC)c(C)cc3c(-c3ccccc3C(=O)OCCCN)c-2cc1C.O=C(O)C(F)(F)F.O=C(O)C(F)(F)F. The van der Waals surface area contributed by atoms with Gasteiger partial charge in [0.15, 0.2) is 0 Å². The molecule has 0 saturated heterocycles. The van der Waals surface area contributed by atoms with Gasteiger partial charge in [-0.05, 0) is 75.5 Å². The highest BCUT2D eigenvalue weighted by Crippen LogP contribution is 2.43. The summed E-state index contributed by atoms with van der Waals surface area (Å²) in [5.41, 5.74) is 12.7. The van der Waals surface area contributed by atoms with E-state index in [1.807, 2.05) is 43.3 Å². The molecular weight excluding hydrogens is 664 g/mol. The topological polar surface area (TPSA) is 164 Å². The predicted molar refractivity (Wildman–Crippen MR) is 169 cm³/mol. The molecule has 2 aromatic rings. The number of nitrogens with zero attached hydrogens (tertiary/aromatic N) is 1. The molecule has 0 unspecified atom stereocenters. The van der Waals surface area contributed by atoms with Gasteiger partial charge < -0.3 is 30.4 Å². The maximum atomic E-state index is 13.1. The first-order valence-electron chi connectivity index (χ1n) is 14.7. The van der Waals surface area contributed by atoms with Gasteiger partial charge in [0.2, 0.25) is 0 Å². The second-order valence-electron chi connectivity index (χ2n) is 10.2. The number of nitrogens with one attached hydrogen (secondary N) is 1. The number of rotatable bonds is 8. The average molecular weight is 700 g/mol. The number of hydrogen-bond acceptors (Lipinski definition) is 8. The molecule has 0 atom stereocenters. The van der Waals surface area contributed by atoms with Crippen LogP contribution >= 0.6 is 0 Å². The highest BCUT2D eigenvalue weighted by Gasteiger charge is 2.39. The smallest absolute Gasteiger partial charge is 0.475 e. The van der Waals surface area contributed by atoms with Crippen LogP contribution in [-0.2, 0) is 14.3 Å². The van der Waals surface area contributed by atoms with E-state index in [1.54, 1.807) is 0 Å². The third-order valence-corrected chi connectivity index (χ3v) is 6.56. The summed E-state index contributed by atoms with van der Waals surface area (Å²) in [5, 5.41) is 19.5.